The Balaban J connectivity index is 0. The second-order valence-electron chi connectivity index (χ2n) is 5.31. The van der Waals surface area contributed by atoms with E-state index in [9.17, 15) is 14.4 Å². The lowest BCUT2D eigenvalue weighted by atomic mass is 9.96. The molecule has 12 heteroatoms. The zero-order chi connectivity index (χ0) is 20.4. The number of nitrogens with two attached hydrogens (primary N) is 2. The van der Waals surface area contributed by atoms with Gasteiger partial charge < -0.3 is 47.8 Å². The van der Waals surface area contributed by atoms with Gasteiger partial charge >= 0.3 is 17.9 Å². The van der Waals surface area contributed by atoms with Crippen molar-refractivity contribution in [3.63, 3.8) is 0 Å². The van der Waals surface area contributed by atoms with E-state index in [1.807, 2.05) is 0 Å². The molecule has 0 heterocycles. The Bertz CT molecular complexity index is 383. The molecule has 0 fully saturated rings. The van der Waals surface area contributed by atoms with E-state index < -0.39 is 36.4 Å². The van der Waals surface area contributed by atoms with Gasteiger partial charge in [0.2, 0.25) is 0 Å². The lowest BCUT2D eigenvalue weighted by Crippen LogP contribution is -2.42. The molecule has 0 aliphatic rings. The van der Waals surface area contributed by atoms with Gasteiger partial charge in [0.25, 0.3) is 0 Å². The van der Waals surface area contributed by atoms with Crippen molar-refractivity contribution in [2.75, 3.05) is 52.4 Å². The van der Waals surface area contributed by atoms with Crippen molar-refractivity contribution in [1.29, 1.82) is 0 Å². The number of aliphatic carboxylic acids is 3. The van der Waals surface area contributed by atoms with Gasteiger partial charge in [-0.1, -0.05) is 0 Å². The fourth-order valence-corrected chi connectivity index (χ4v) is 1.65. The number of hydrogen-bond donors (Lipinski definition) is 9. The zero-order valence-corrected chi connectivity index (χ0v) is 14.7. The van der Waals surface area contributed by atoms with E-state index in [1.54, 1.807) is 0 Å². The van der Waals surface area contributed by atoms with Crippen LogP contribution in [0.1, 0.15) is 12.8 Å². The molecule has 0 saturated heterocycles. The maximum Gasteiger partial charge on any atom is 0.336 e. The van der Waals surface area contributed by atoms with Crippen LogP contribution in [0, 0.1) is 0 Å². The third-order valence-corrected chi connectivity index (χ3v) is 2.88. The van der Waals surface area contributed by atoms with Crippen LogP contribution in [0.5, 0.6) is 0 Å². The first-order valence-electron chi connectivity index (χ1n) is 8.11. The summed E-state index contributed by atoms with van der Waals surface area (Å²) >= 11 is 0. The van der Waals surface area contributed by atoms with Crippen LogP contribution in [0.25, 0.3) is 0 Å². The summed E-state index contributed by atoms with van der Waals surface area (Å²) in [6.07, 6.45) is -2.29. The molecule has 0 atom stereocenters. The second-order valence-corrected chi connectivity index (χ2v) is 5.31. The quantitative estimate of drug-likeness (QED) is 0.126. The van der Waals surface area contributed by atoms with E-state index in [4.69, 9.17) is 31.9 Å². The highest BCUT2D eigenvalue weighted by Gasteiger charge is 2.40. The molecule has 0 radical (unpaired) electrons. The Morgan fingerprint density at radius 1 is 0.692 bits per heavy atom. The van der Waals surface area contributed by atoms with E-state index in [0.717, 1.165) is 39.3 Å². The average molecular weight is 381 g/mol. The van der Waals surface area contributed by atoms with E-state index in [1.165, 1.54) is 0 Å². The summed E-state index contributed by atoms with van der Waals surface area (Å²) < 4.78 is 0. The highest BCUT2D eigenvalue weighted by molar-refractivity contribution is 5.88. The summed E-state index contributed by atoms with van der Waals surface area (Å²) in [6.45, 7) is 7.15. The standard InChI is InChI=1S/C8H23N5.C6H8O7/c9-1-3-11-5-7-13-8-6-12-4-2-10;7-3(8)1-6(13,5(11)12)2-4(9)10/h11-13H,1-10H2;13H,1-2H2,(H,7,8)(H,9,10)(H,11,12). The number of nitrogens with one attached hydrogen (secondary N) is 3. The van der Waals surface area contributed by atoms with E-state index in [-0.39, 0.29) is 0 Å². The largest absolute Gasteiger partial charge is 0.481 e. The summed E-state index contributed by atoms with van der Waals surface area (Å²) in [5, 5.41) is 43.5. The molecular formula is C14H31N5O7. The molecule has 0 aromatic rings. The van der Waals surface area contributed by atoms with Crippen LogP contribution >= 0.6 is 0 Å². The maximum absolute atomic E-state index is 10.3. The Morgan fingerprint density at radius 2 is 1.00 bits per heavy atom. The van der Waals surface area contributed by atoms with Crippen molar-refractivity contribution in [3.8, 4) is 0 Å². The second kappa shape index (κ2) is 16.6. The third-order valence-electron chi connectivity index (χ3n) is 2.88. The van der Waals surface area contributed by atoms with Gasteiger partial charge in [-0.2, -0.15) is 0 Å². The van der Waals surface area contributed by atoms with E-state index in [0.29, 0.717) is 13.1 Å². The van der Waals surface area contributed by atoms with Gasteiger partial charge in [0.15, 0.2) is 5.60 Å². The van der Waals surface area contributed by atoms with Crippen molar-refractivity contribution < 1.29 is 34.8 Å². The van der Waals surface area contributed by atoms with E-state index in [2.05, 4.69) is 16.0 Å². The van der Waals surface area contributed by atoms with Gasteiger partial charge in [0.05, 0.1) is 12.8 Å². The Hall–Kier alpha value is -1.83. The van der Waals surface area contributed by atoms with Gasteiger partial charge in [-0.3, -0.25) is 9.59 Å². The molecule has 0 aliphatic carbocycles. The van der Waals surface area contributed by atoms with Gasteiger partial charge in [0, 0.05) is 52.4 Å². The van der Waals surface area contributed by atoms with Crippen LogP contribution in [-0.2, 0) is 14.4 Å². The van der Waals surface area contributed by atoms with Crippen molar-refractivity contribution in [1.82, 2.24) is 16.0 Å². The molecule has 0 aliphatic heterocycles. The van der Waals surface area contributed by atoms with Crippen LogP contribution in [-0.4, -0.2) is 96.3 Å². The SMILES string of the molecule is NCCNCCNCCNCCN.O=C(O)CC(O)(CC(=O)O)C(=O)O. The minimum absolute atomic E-state index is 0.706. The fraction of sp³-hybridized carbons (Fsp3) is 0.786. The lowest BCUT2D eigenvalue weighted by Gasteiger charge is -2.18. The van der Waals surface area contributed by atoms with Crippen LogP contribution in [0.2, 0.25) is 0 Å². The molecular weight excluding hydrogens is 350 g/mol. The van der Waals surface area contributed by atoms with Crippen molar-refractivity contribution in [2.24, 2.45) is 11.5 Å². The fourth-order valence-electron chi connectivity index (χ4n) is 1.65. The summed E-state index contributed by atoms with van der Waals surface area (Å²) in [7, 11) is 0. The number of carboxylic acids is 3. The predicted octanol–water partition coefficient (Wildman–Crippen LogP) is -3.58. The van der Waals surface area contributed by atoms with Gasteiger partial charge in [0.1, 0.15) is 0 Å². The molecule has 0 rings (SSSR count). The molecule has 0 spiro atoms. The average Bonchev–Trinajstić information content (AvgIpc) is 2.52. The lowest BCUT2D eigenvalue weighted by molar-refractivity contribution is -0.170. The first-order chi connectivity index (χ1) is 12.2. The van der Waals surface area contributed by atoms with Crippen LogP contribution in [0.4, 0.5) is 0 Å². The van der Waals surface area contributed by atoms with Crippen molar-refractivity contribution >= 4 is 17.9 Å². The third kappa shape index (κ3) is 17.0. The zero-order valence-electron chi connectivity index (χ0n) is 14.7. The smallest absolute Gasteiger partial charge is 0.336 e. The number of aliphatic hydroxyl groups is 1. The topological polar surface area (TPSA) is 220 Å². The minimum atomic E-state index is -2.74. The minimum Gasteiger partial charge on any atom is -0.481 e. The molecule has 11 N–H and O–H groups in total. The Kier molecular flexibility index (Phi) is 16.9. The normalized spacial score (nSPS) is 10.7. The van der Waals surface area contributed by atoms with Crippen molar-refractivity contribution in [3.05, 3.63) is 0 Å². The summed E-state index contributed by atoms with van der Waals surface area (Å²) in [5.74, 6) is -5.02. The molecule has 0 aromatic carbocycles. The monoisotopic (exact) mass is 381 g/mol. The number of carbonyl (C=O) groups is 3. The van der Waals surface area contributed by atoms with Crippen LogP contribution in [0.3, 0.4) is 0 Å². The number of hydrogen-bond acceptors (Lipinski definition) is 9. The van der Waals surface area contributed by atoms with Gasteiger partial charge in [-0.05, 0) is 0 Å². The molecule has 0 unspecified atom stereocenters. The number of carboxylic acid groups (broad SMARTS) is 3. The molecule has 0 saturated carbocycles. The highest BCUT2D eigenvalue weighted by atomic mass is 16.4. The highest BCUT2D eigenvalue weighted by Crippen LogP contribution is 2.15. The predicted molar refractivity (Wildman–Crippen MR) is 93.8 cm³/mol. The summed E-state index contributed by atoms with van der Waals surface area (Å²) in [4.78, 5) is 30.5. The molecule has 0 bridgehead atoms. The first-order valence-corrected chi connectivity index (χ1v) is 8.11. The van der Waals surface area contributed by atoms with Crippen molar-refractivity contribution in [2.45, 2.75) is 18.4 Å². The molecule has 26 heavy (non-hydrogen) atoms. The number of rotatable bonds is 15. The maximum atomic E-state index is 10.3. The Morgan fingerprint density at radius 3 is 1.23 bits per heavy atom. The first kappa shape index (κ1) is 26.4. The van der Waals surface area contributed by atoms with Gasteiger partial charge in [-0.15, -0.1) is 0 Å². The summed E-state index contributed by atoms with van der Waals surface area (Å²) in [6, 6.07) is 0. The molecule has 0 amide bonds. The van der Waals surface area contributed by atoms with E-state index >= 15 is 0 Å². The molecule has 154 valence electrons. The Labute approximate surface area is 151 Å². The summed E-state index contributed by atoms with van der Waals surface area (Å²) in [5.41, 5.74) is 7.90. The molecule has 0 aromatic heterocycles. The van der Waals surface area contributed by atoms with Crippen LogP contribution in [0.15, 0.2) is 0 Å². The molecule has 12 nitrogen and oxygen atoms in total. The van der Waals surface area contributed by atoms with Crippen LogP contribution < -0.4 is 27.4 Å². The van der Waals surface area contributed by atoms with Gasteiger partial charge in [-0.25, -0.2) is 4.79 Å².